The molecule has 0 unspecified atom stereocenters. The Kier molecular flexibility index (Phi) is 5.41. The molecule has 1 aromatic heterocycles. The van der Waals surface area contributed by atoms with E-state index in [2.05, 4.69) is 5.43 Å². The number of ether oxygens (including phenoxy) is 1. The summed E-state index contributed by atoms with van der Waals surface area (Å²) >= 11 is 6.59. The summed E-state index contributed by atoms with van der Waals surface area (Å²) in [7, 11) is -3.83. The second-order valence-electron chi connectivity index (χ2n) is 4.08. The van der Waals surface area contributed by atoms with Crippen LogP contribution in [0.1, 0.15) is 17.3 Å². The topological polar surface area (TPSA) is 84.5 Å². The van der Waals surface area contributed by atoms with E-state index in [1.807, 2.05) is 11.8 Å². The first-order chi connectivity index (χ1) is 10.4. The summed E-state index contributed by atoms with van der Waals surface area (Å²) in [5.74, 6) is 0.0575. The molecule has 2 rings (SSSR count). The zero-order chi connectivity index (χ0) is 16.2. The highest BCUT2D eigenvalue weighted by molar-refractivity contribution is 7.91. The minimum Gasteiger partial charge on any atom is -0.494 e. The summed E-state index contributed by atoms with van der Waals surface area (Å²) in [5, 5.41) is 0. The number of hydrogen-bond donors (Lipinski definition) is 2. The second kappa shape index (κ2) is 7.10. The highest BCUT2D eigenvalue weighted by atomic mass is 35.5. The van der Waals surface area contributed by atoms with E-state index < -0.39 is 15.9 Å². The molecular formula is C13H13ClN2O4S2. The summed E-state index contributed by atoms with van der Waals surface area (Å²) in [6.07, 6.45) is 0. The lowest BCUT2D eigenvalue weighted by molar-refractivity contribution is 0.0945. The Morgan fingerprint density at radius 2 is 1.91 bits per heavy atom. The molecule has 0 radical (unpaired) electrons. The van der Waals surface area contributed by atoms with Crippen LogP contribution >= 0.6 is 22.9 Å². The second-order valence-corrected chi connectivity index (χ2v) is 7.70. The lowest BCUT2D eigenvalue weighted by Crippen LogP contribution is -2.41. The fraction of sp³-hybridized carbons (Fsp3) is 0.154. The van der Waals surface area contributed by atoms with Gasteiger partial charge in [0, 0.05) is 5.56 Å². The van der Waals surface area contributed by atoms with Crippen molar-refractivity contribution in [1.82, 2.24) is 10.3 Å². The smallest absolute Gasteiger partial charge is 0.266 e. The summed E-state index contributed by atoms with van der Waals surface area (Å²) in [5.41, 5.74) is 2.45. The van der Waals surface area contributed by atoms with Crippen molar-refractivity contribution in [1.29, 1.82) is 0 Å². The number of carbonyl (C=O) groups excluding carboxylic acids is 1. The Morgan fingerprint density at radius 3 is 2.45 bits per heavy atom. The SMILES string of the molecule is CCOc1ccc(C(=O)NNS(=O)(=O)c2ccc(Cl)s2)cc1. The number of benzene rings is 1. The standard InChI is InChI=1S/C13H13ClN2O4S2/c1-2-20-10-5-3-9(4-6-10)13(17)15-16-22(18,19)12-8-7-11(14)21-12/h3-8,16H,2H2,1H3,(H,15,17). The van der Waals surface area contributed by atoms with Crippen LogP contribution in [0.3, 0.4) is 0 Å². The summed E-state index contributed by atoms with van der Waals surface area (Å²) in [6, 6.07) is 9.17. The van der Waals surface area contributed by atoms with Crippen LogP contribution in [0.25, 0.3) is 0 Å². The first-order valence-electron chi connectivity index (χ1n) is 6.22. The van der Waals surface area contributed by atoms with Gasteiger partial charge in [0.2, 0.25) is 0 Å². The van der Waals surface area contributed by atoms with Crippen molar-refractivity contribution in [2.24, 2.45) is 0 Å². The largest absolute Gasteiger partial charge is 0.494 e. The molecule has 0 aliphatic rings. The van der Waals surface area contributed by atoms with Gasteiger partial charge in [0.05, 0.1) is 10.9 Å². The maximum Gasteiger partial charge on any atom is 0.266 e. The zero-order valence-electron chi connectivity index (χ0n) is 11.5. The van der Waals surface area contributed by atoms with Gasteiger partial charge in [-0.25, -0.2) is 8.42 Å². The van der Waals surface area contributed by atoms with E-state index in [-0.39, 0.29) is 4.21 Å². The predicted octanol–water partition coefficient (Wildman–Crippen LogP) is 2.42. The Morgan fingerprint density at radius 1 is 1.23 bits per heavy atom. The van der Waals surface area contributed by atoms with E-state index in [1.54, 1.807) is 12.1 Å². The Bertz CT molecular complexity index is 757. The molecule has 6 nitrogen and oxygen atoms in total. The normalized spacial score (nSPS) is 11.2. The molecule has 0 saturated heterocycles. The molecule has 9 heteroatoms. The number of rotatable bonds is 6. The maximum atomic E-state index is 11.9. The first-order valence-corrected chi connectivity index (χ1v) is 8.90. The number of hydrogen-bond acceptors (Lipinski definition) is 5. The van der Waals surface area contributed by atoms with Gasteiger partial charge in [-0.05, 0) is 43.3 Å². The molecule has 0 bridgehead atoms. The van der Waals surface area contributed by atoms with Gasteiger partial charge in [0.1, 0.15) is 9.96 Å². The Hall–Kier alpha value is -1.61. The van der Waals surface area contributed by atoms with Gasteiger partial charge < -0.3 is 4.74 Å². The van der Waals surface area contributed by atoms with Crippen LogP contribution < -0.4 is 15.0 Å². The highest BCUT2D eigenvalue weighted by Gasteiger charge is 2.17. The van der Waals surface area contributed by atoms with Gasteiger partial charge in [-0.2, -0.15) is 0 Å². The van der Waals surface area contributed by atoms with Crippen molar-refractivity contribution in [3.8, 4) is 5.75 Å². The minimum atomic E-state index is -3.83. The van der Waals surface area contributed by atoms with Crippen molar-refractivity contribution in [2.45, 2.75) is 11.1 Å². The van der Waals surface area contributed by atoms with Crippen molar-refractivity contribution in [3.05, 3.63) is 46.3 Å². The van der Waals surface area contributed by atoms with Crippen LogP contribution in [-0.4, -0.2) is 20.9 Å². The van der Waals surface area contributed by atoms with E-state index in [1.165, 1.54) is 24.3 Å². The maximum absolute atomic E-state index is 11.9. The van der Waals surface area contributed by atoms with Gasteiger partial charge >= 0.3 is 0 Å². The lowest BCUT2D eigenvalue weighted by atomic mass is 10.2. The number of hydrazine groups is 1. The molecule has 22 heavy (non-hydrogen) atoms. The fourth-order valence-corrected chi connectivity index (χ4v) is 3.87. The Balaban J connectivity index is 2.00. The van der Waals surface area contributed by atoms with Crippen LogP contribution in [-0.2, 0) is 10.0 Å². The summed E-state index contributed by atoms with van der Waals surface area (Å²) < 4.78 is 29.5. The van der Waals surface area contributed by atoms with Crippen LogP contribution in [0.5, 0.6) is 5.75 Å². The Labute approximate surface area is 137 Å². The molecule has 2 N–H and O–H groups in total. The van der Waals surface area contributed by atoms with Crippen molar-refractivity contribution in [3.63, 3.8) is 0 Å². The van der Waals surface area contributed by atoms with Gasteiger partial charge in [0.25, 0.3) is 15.9 Å². The number of halogens is 1. The van der Waals surface area contributed by atoms with Gasteiger partial charge in [0.15, 0.2) is 0 Å². The average Bonchev–Trinajstić information content (AvgIpc) is 2.93. The number of carbonyl (C=O) groups is 1. The number of amides is 1. The third-order valence-electron chi connectivity index (χ3n) is 2.54. The van der Waals surface area contributed by atoms with E-state index in [4.69, 9.17) is 16.3 Å². The third kappa shape index (κ3) is 4.20. The molecule has 0 saturated carbocycles. The summed E-state index contributed by atoms with van der Waals surface area (Å²) in [6.45, 7) is 2.38. The molecule has 118 valence electrons. The van der Waals surface area contributed by atoms with Crippen LogP contribution in [0, 0.1) is 0 Å². The molecule has 0 atom stereocenters. The molecule has 1 heterocycles. The van der Waals surface area contributed by atoms with Crippen molar-refractivity contribution in [2.75, 3.05) is 6.61 Å². The van der Waals surface area contributed by atoms with Gasteiger partial charge in [-0.3, -0.25) is 10.2 Å². The molecule has 0 spiro atoms. The fourth-order valence-electron chi connectivity index (χ4n) is 1.55. The molecule has 0 fully saturated rings. The van der Waals surface area contributed by atoms with Crippen LogP contribution in [0.4, 0.5) is 0 Å². The van der Waals surface area contributed by atoms with Gasteiger partial charge in [-0.1, -0.05) is 11.6 Å². The molecule has 2 aromatic rings. The third-order valence-corrected chi connectivity index (χ3v) is 5.51. The minimum absolute atomic E-state index is 0.0180. The number of nitrogens with one attached hydrogen (secondary N) is 2. The van der Waals surface area contributed by atoms with Crippen molar-refractivity contribution >= 4 is 38.9 Å². The zero-order valence-corrected chi connectivity index (χ0v) is 13.9. The molecular weight excluding hydrogens is 348 g/mol. The van der Waals surface area contributed by atoms with Gasteiger partial charge in [-0.15, -0.1) is 16.2 Å². The van der Waals surface area contributed by atoms with E-state index in [0.29, 0.717) is 22.3 Å². The van der Waals surface area contributed by atoms with E-state index in [9.17, 15) is 13.2 Å². The van der Waals surface area contributed by atoms with Crippen LogP contribution in [0.15, 0.2) is 40.6 Å². The predicted molar refractivity (Wildman–Crippen MR) is 84.7 cm³/mol. The lowest BCUT2D eigenvalue weighted by Gasteiger charge is -2.08. The number of sulfonamides is 1. The molecule has 0 aliphatic carbocycles. The monoisotopic (exact) mass is 360 g/mol. The quantitative estimate of drug-likeness (QED) is 0.775. The molecule has 1 aromatic carbocycles. The highest BCUT2D eigenvalue weighted by Crippen LogP contribution is 2.24. The van der Waals surface area contributed by atoms with E-state index in [0.717, 1.165) is 11.3 Å². The van der Waals surface area contributed by atoms with E-state index >= 15 is 0 Å². The van der Waals surface area contributed by atoms with Crippen molar-refractivity contribution < 1.29 is 17.9 Å². The van der Waals surface area contributed by atoms with Crippen LogP contribution in [0.2, 0.25) is 4.34 Å². The average molecular weight is 361 g/mol. The molecule has 0 aliphatic heterocycles. The first kappa shape index (κ1) is 16.8. The molecule has 1 amide bonds. The number of thiophene rings is 1. The summed E-state index contributed by atoms with van der Waals surface area (Å²) in [4.78, 5) is 13.9.